The molecule has 1 heterocycles. The fraction of sp³-hybridized carbons (Fsp3) is 0.522. The van der Waals surface area contributed by atoms with E-state index in [4.69, 9.17) is 27.9 Å². The van der Waals surface area contributed by atoms with E-state index in [9.17, 15) is 9.59 Å². The standard InChI is InChI=1S/C23H25Cl2NO3/c1-13-20(23(28)29-15-6-3-2-4-7-15)21(14-10-11-16(24)17(25)12-14)22-18(26-13)8-5-9-19(22)27/h10-12,15,20-21H,2-9H2,1H3/t20?,21-/m1/s1. The molecule has 1 saturated carbocycles. The lowest BCUT2D eigenvalue weighted by Gasteiger charge is -2.35. The molecule has 0 aromatic heterocycles. The third kappa shape index (κ3) is 4.15. The maximum atomic E-state index is 13.3. The number of carbonyl (C=O) groups is 2. The number of rotatable bonds is 3. The molecule has 29 heavy (non-hydrogen) atoms. The van der Waals surface area contributed by atoms with Crippen molar-refractivity contribution in [3.05, 3.63) is 45.1 Å². The second-order valence-electron chi connectivity index (χ2n) is 8.22. The van der Waals surface area contributed by atoms with Crippen LogP contribution in [0, 0.1) is 5.92 Å². The van der Waals surface area contributed by atoms with Gasteiger partial charge in [-0.1, -0.05) is 35.7 Å². The summed E-state index contributed by atoms with van der Waals surface area (Å²) in [5.74, 6) is -1.27. The Balaban J connectivity index is 1.74. The Labute approximate surface area is 181 Å². The topological polar surface area (TPSA) is 55.7 Å². The maximum absolute atomic E-state index is 13.3. The molecule has 0 amide bonds. The summed E-state index contributed by atoms with van der Waals surface area (Å²) in [4.78, 5) is 30.9. The van der Waals surface area contributed by atoms with Crippen LogP contribution in [-0.2, 0) is 14.3 Å². The van der Waals surface area contributed by atoms with Crippen LogP contribution in [0.25, 0.3) is 0 Å². The Morgan fingerprint density at radius 2 is 1.83 bits per heavy atom. The number of carbonyl (C=O) groups excluding carboxylic acids is 2. The predicted octanol–water partition coefficient (Wildman–Crippen LogP) is 6.05. The SMILES string of the molecule is CC1=NC2=C(C(=O)CCC2)[C@H](c2ccc(Cl)c(Cl)c2)C1C(=O)OC1CCCCC1. The van der Waals surface area contributed by atoms with E-state index in [0.29, 0.717) is 27.8 Å². The van der Waals surface area contributed by atoms with Crippen LogP contribution in [0.15, 0.2) is 34.5 Å². The van der Waals surface area contributed by atoms with Crippen LogP contribution < -0.4 is 0 Å². The first-order valence-electron chi connectivity index (χ1n) is 10.4. The van der Waals surface area contributed by atoms with Crippen LogP contribution in [0.3, 0.4) is 0 Å². The summed E-state index contributed by atoms with van der Waals surface area (Å²) in [5, 5.41) is 0.858. The average Bonchev–Trinajstić information content (AvgIpc) is 2.70. The molecule has 1 fully saturated rings. The van der Waals surface area contributed by atoms with Gasteiger partial charge in [-0.05, 0) is 63.1 Å². The normalized spacial score (nSPS) is 25.5. The molecule has 2 atom stereocenters. The van der Waals surface area contributed by atoms with E-state index in [1.165, 1.54) is 6.42 Å². The summed E-state index contributed by atoms with van der Waals surface area (Å²) in [6, 6.07) is 5.34. The number of ketones is 1. The third-order valence-corrected chi connectivity index (χ3v) is 6.97. The van der Waals surface area contributed by atoms with Gasteiger partial charge in [0.2, 0.25) is 0 Å². The predicted molar refractivity (Wildman–Crippen MR) is 115 cm³/mol. The van der Waals surface area contributed by atoms with Gasteiger partial charge in [0.15, 0.2) is 5.78 Å². The fourth-order valence-corrected chi connectivity index (χ4v) is 5.10. The number of Topliss-reactive ketones (excluding diaryl/α,β-unsaturated/α-hetero) is 1. The second kappa shape index (κ2) is 8.61. The fourth-order valence-electron chi connectivity index (χ4n) is 4.80. The second-order valence-corrected chi connectivity index (χ2v) is 9.03. The van der Waals surface area contributed by atoms with Gasteiger partial charge in [-0.15, -0.1) is 0 Å². The van der Waals surface area contributed by atoms with Crippen molar-refractivity contribution in [1.29, 1.82) is 0 Å². The number of aliphatic imine (C=N–C) groups is 1. The number of hydrogen-bond donors (Lipinski definition) is 0. The summed E-state index contributed by atoms with van der Waals surface area (Å²) in [6.07, 6.45) is 7.14. The van der Waals surface area contributed by atoms with Crippen LogP contribution in [-0.4, -0.2) is 23.6 Å². The smallest absolute Gasteiger partial charge is 0.315 e. The van der Waals surface area contributed by atoms with Crippen molar-refractivity contribution in [3.8, 4) is 0 Å². The highest BCUT2D eigenvalue weighted by molar-refractivity contribution is 6.42. The lowest BCUT2D eigenvalue weighted by molar-refractivity contribution is -0.153. The van der Waals surface area contributed by atoms with Crippen molar-refractivity contribution in [3.63, 3.8) is 0 Å². The molecule has 0 radical (unpaired) electrons. The summed E-state index contributed by atoms with van der Waals surface area (Å²) in [5.41, 5.74) is 2.96. The molecule has 1 aliphatic heterocycles. The van der Waals surface area contributed by atoms with Gasteiger partial charge in [0, 0.05) is 29.3 Å². The van der Waals surface area contributed by atoms with Crippen LogP contribution in [0.1, 0.15) is 69.8 Å². The molecule has 1 aromatic rings. The van der Waals surface area contributed by atoms with Gasteiger partial charge in [-0.25, -0.2) is 0 Å². The monoisotopic (exact) mass is 433 g/mol. The van der Waals surface area contributed by atoms with Gasteiger partial charge in [0.25, 0.3) is 0 Å². The number of hydrogen-bond acceptors (Lipinski definition) is 4. The molecule has 2 aliphatic carbocycles. The Bertz CT molecular complexity index is 899. The van der Waals surface area contributed by atoms with E-state index in [2.05, 4.69) is 4.99 Å². The lowest BCUT2D eigenvalue weighted by Crippen LogP contribution is -2.38. The molecular weight excluding hydrogens is 409 g/mol. The highest BCUT2D eigenvalue weighted by atomic mass is 35.5. The van der Waals surface area contributed by atoms with Crippen LogP contribution in [0.5, 0.6) is 0 Å². The van der Waals surface area contributed by atoms with Crippen molar-refractivity contribution < 1.29 is 14.3 Å². The van der Waals surface area contributed by atoms with Gasteiger partial charge in [-0.2, -0.15) is 0 Å². The molecule has 0 N–H and O–H groups in total. The Hall–Kier alpha value is -1.65. The molecule has 3 aliphatic rings. The van der Waals surface area contributed by atoms with Gasteiger partial charge in [0.1, 0.15) is 12.0 Å². The van der Waals surface area contributed by atoms with E-state index in [0.717, 1.165) is 49.8 Å². The lowest BCUT2D eigenvalue weighted by atomic mass is 9.71. The summed E-state index contributed by atoms with van der Waals surface area (Å²) in [6.45, 7) is 1.86. The molecule has 6 heteroatoms. The number of halogens is 2. The van der Waals surface area contributed by atoms with Gasteiger partial charge in [-0.3, -0.25) is 14.6 Å². The van der Waals surface area contributed by atoms with Crippen molar-refractivity contribution in [2.45, 2.75) is 70.3 Å². The number of allylic oxidation sites excluding steroid dienone is 2. The van der Waals surface area contributed by atoms with Crippen molar-refractivity contribution in [2.24, 2.45) is 10.9 Å². The zero-order valence-electron chi connectivity index (χ0n) is 16.5. The van der Waals surface area contributed by atoms with Gasteiger partial charge in [0.05, 0.1) is 10.0 Å². The molecule has 1 unspecified atom stereocenters. The highest BCUT2D eigenvalue weighted by Crippen LogP contribution is 2.44. The minimum Gasteiger partial charge on any atom is -0.462 e. The minimum atomic E-state index is -0.616. The van der Waals surface area contributed by atoms with Gasteiger partial charge >= 0.3 is 5.97 Å². The number of benzene rings is 1. The van der Waals surface area contributed by atoms with Gasteiger partial charge < -0.3 is 4.74 Å². The van der Waals surface area contributed by atoms with Crippen LogP contribution in [0.2, 0.25) is 10.0 Å². The van der Waals surface area contributed by atoms with E-state index in [1.54, 1.807) is 12.1 Å². The molecule has 154 valence electrons. The number of ether oxygens (including phenoxy) is 1. The molecule has 4 nitrogen and oxygen atoms in total. The number of esters is 1. The molecule has 0 spiro atoms. The van der Waals surface area contributed by atoms with Crippen molar-refractivity contribution in [1.82, 2.24) is 0 Å². The molecular formula is C23H25Cl2NO3. The van der Waals surface area contributed by atoms with Crippen molar-refractivity contribution in [2.75, 3.05) is 0 Å². The molecule has 0 saturated heterocycles. The number of nitrogens with zero attached hydrogens (tertiary/aromatic N) is 1. The first-order chi connectivity index (χ1) is 14.0. The highest BCUT2D eigenvalue weighted by Gasteiger charge is 2.43. The van der Waals surface area contributed by atoms with Crippen LogP contribution >= 0.6 is 23.2 Å². The zero-order valence-corrected chi connectivity index (χ0v) is 18.1. The van der Waals surface area contributed by atoms with E-state index in [-0.39, 0.29) is 17.9 Å². The Morgan fingerprint density at radius 1 is 1.07 bits per heavy atom. The largest absolute Gasteiger partial charge is 0.462 e. The molecule has 4 rings (SSSR count). The van der Waals surface area contributed by atoms with E-state index < -0.39 is 11.8 Å². The summed E-state index contributed by atoms with van der Waals surface area (Å²) >= 11 is 12.4. The molecule has 0 bridgehead atoms. The van der Waals surface area contributed by atoms with E-state index >= 15 is 0 Å². The Morgan fingerprint density at radius 3 is 2.55 bits per heavy atom. The summed E-state index contributed by atoms with van der Waals surface area (Å²) in [7, 11) is 0. The van der Waals surface area contributed by atoms with E-state index in [1.807, 2.05) is 13.0 Å². The van der Waals surface area contributed by atoms with Crippen LogP contribution in [0.4, 0.5) is 0 Å². The first-order valence-corrected chi connectivity index (χ1v) is 11.2. The first kappa shape index (κ1) is 20.6. The van der Waals surface area contributed by atoms with Crippen molar-refractivity contribution >= 4 is 40.7 Å². The summed E-state index contributed by atoms with van der Waals surface area (Å²) < 4.78 is 5.91. The minimum absolute atomic E-state index is 0.0454. The zero-order chi connectivity index (χ0) is 20.5. The Kier molecular flexibility index (Phi) is 6.12. The third-order valence-electron chi connectivity index (χ3n) is 6.23. The average molecular weight is 434 g/mol. The maximum Gasteiger partial charge on any atom is 0.315 e. The quantitative estimate of drug-likeness (QED) is 0.544. The molecule has 1 aromatic carbocycles.